The van der Waals surface area contributed by atoms with Gasteiger partial charge in [-0.1, -0.05) is 90.5 Å². The summed E-state index contributed by atoms with van der Waals surface area (Å²) in [6.45, 7) is 0. The van der Waals surface area contributed by atoms with E-state index in [-0.39, 0.29) is 44.8 Å². The Morgan fingerprint density at radius 2 is 1.00 bits per heavy atom. The first-order valence-corrected chi connectivity index (χ1v) is 8.23. The third kappa shape index (κ3) is 4.68. The third-order valence-electron chi connectivity index (χ3n) is 3.12. The Kier molecular flexibility index (Phi) is 8.94. The number of hydrogen-bond acceptors (Lipinski definition) is 0. The summed E-state index contributed by atoms with van der Waals surface area (Å²) < 4.78 is 0. The van der Waals surface area contributed by atoms with Crippen molar-refractivity contribution in [3.05, 3.63) is 90.0 Å². The van der Waals surface area contributed by atoms with Gasteiger partial charge in [0.25, 0.3) is 0 Å². The van der Waals surface area contributed by atoms with Gasteiger partial charge in [0.05, 0.1) is 0 Å². The van der Waals surface area contributed by atoms with Crippen LogP contribution in [0, 0.1) is 0 Å². The van der Waals surface area contributed by atoms with Gasteiger partial charge in [0.15, 0.2) is 0 Å². The fourth-order valence-electron chi connectivity index (χ4n) is 2.21. The van der Waals surface area contributed by atoms with E-state index in [1.165, 1.54) is 15.9 Å². The summed E-state index contributed by atoms with van der Waals surface area (Å²) in [7, 11) is -0.599. The molecule has 116 valence electrons. The Hall–Kier alpha value is -0.139. The van der Waals surface area contributed by atoms with E-state index in [0.29, 0.717) is 0 Å². The van der Waals surface area contributed by atoms with Crippen LogP contribution in [0.3, 0.4) is 0 Å². The van der Waals surface area contributed by atoms with Crippen LogP contribution in [0.15, 0.2) is 84.9 Å². The molecule has 3 rings (SSSR count). The minimum absolute atomic E-state index is 0. The molecule has 22 heavy (non-hydrogen) atoms. The Labute approximate surface area is 169 Å². The minimum atomic E-state index is -0.599. The second-order valence-electron chi connectivity index (χ2n) is 4.46. The van der Waals surface area contributed by atoms with Crippen LogP contribution in [-0.4, -0.2) is 0 Å². The van der Waals surface area contributed by atoms with Gasteiger partial charge < -0.3 is 0 Å². The van der Waals surface area contributed by atoms with Crippen LogP contribution >= 0.6 is 19.5 Å². The van der Waals surface area contributed by atoms with E-state index in [9.17, 15) is 0 Å². The molecular weight excluding hydrogens is 677 g/mol. The number of hydrogen-bond donors (Lipinski definition) is 0. The molecule has 4 heteroatoms. The van der Waals surface area contributed by atoms with Gasteiger partial charge in [-0.05, 0) is 24.6 Å². The van der Waals surface area contributed by atoms with E-state index in [0.717, 1.165) is 5.02 Å². The summed E-state index contributed by atoms with van der Waals surface area (Å²) in [4.78, 5) is 0. The zero-order valence-corrected chi connectivity index (χ0v) is 17.5. The normalized spacial score (nSPS) is 9.73. The molecular formula is C18H14Au2ClP+4. The summed E-state index contributed by atoms with van der Waals surface area (Å²) >= 11 is 6.43. The molecule has 0 N–H and O–H groups in total. The summed E-state index contributed by atoms with van der Waals surface area (Å²) in [5.74, 6) is 0. The summed E-state index contributed by atoms with van der Waals surface area (Å²) in [6, 6.07) is 29.3. The SMILES string of the molecule is Clc1ccccc1P(c1ccccc1)c1ccccc1.[Au+3].[Au+]. The largest absolute Gasteiger partial charge is 3.00 e. The standard InChI is InChI=1S/C18H14ClP.2Au/c19-17-13-7-8-14-18(17)20(15-9-3-1-4-10-15)16-11-5-2-6-12-16;;/h1-14H;;/q;+1;+3. The average Bonchev–Trinajstić information content (AvgIpc) is 2.52. The van der Waals surface area contributed by atoms with E-state index < -0.39 is 7.92 Å². The Morgan fingerprint density at radius 3 is 1.45 bits per heavy atom. The quantitative estimate of drug-likeness (QED) is 0.287. The Balaban J connectivity index is 0.00000121. The number of halogens is 1. The zero-order valence-electron chi connectivity index (χ0n) is 11.5. The minimum Gasteiger partial charge on any atom is -0.0836 e. The van der Waals surface area contributed by atoms with E-state index >= 15 is 0 Å². The molecule has 0 unspecified atom stereocenters. The van der Waals surface area contributed by atoms with E-state index in [1.807, 2.05) is 12.1 Å². The fourth-order valence-corrected chi connectivity index (χ4v) is 4.92. The van der Waals surface area contributed by atoms with Crippen molar-refractivity contribution < 1.29 is 44.8 Å². The van der Waals surface area contributed by atoms with Crippen molar-refractivity contribution in [2.75, 3.05) is 0 Å². The molecule has 0 aromatic heterocycles. The molecule has 0 saturated carbocycles. The monoisotopic (exact) mass is 690 g/mol. The molecule has 0 aliphatic rings. The van der Waals surface area contributed by atoms with Gasteiger partial charge in [-0.3, -0.25) is 0 Å². The second-order valence-corrected chi connectivity index (χ2v) is 7.05. The summed E-state index contributed by atoms with van der Waals surface area (Å²) in [5.41, 5.74) is 0. The molecule has 0 amide bonds. The van der Waals surface area contributed by atoms with Crippen LogP contribution in [0.4, 0.5) is 0 Å². The molecule has 0 aliphatic carbocycles. The van der Waals surface area contributed by atoms with Gasteiger partial charge in [0.2, 0.25) is 0 Å². The predicted octanol–water partition coefficient (Wildman–Crippen LogP) is 4.09. The molecule has 0 saturated heterocycles. The molecule has 3 aromatic rings. The fraction of sp³-hybridized carbons (Fsp3) is 0. The van der Waals surface area contributed by atoms with Crippen molar-refractivity contribution in [2.45, 2.75) is 0 Å². The van der Waals surface area contributed by atoms with E-state index in [4.69, 9.17) is 11.6 Å². The van der Waals surface area contributed by atoms with Crippen molar-refractivity contribution in [1.82, 2.24) is 0 Å². The zero-order chi connectivity index (χ0) is 13.8. The summed E-state index contributed by atoms with van der Waals surface area (Å²) in [5, 5.41) is 4.69. The van der Waals surface area contributed by atoms with Crippen molar-refractivity contribution in [3.8, 4) is 0 Å². The maximum Gasteiger partial charge on any atom is 3.00 e. The molecule has 0 bridgehead atoms. The number of rotatable bonds is 3. The molecule has 0 heterocycles. The summed E-state index contributed by atoms with van der Waals surface area (Å²) in [6.07, 6.45) is 0. The first-order valence-electron chi connectivity index (χ1n) is 6.51. The van der Waals surface area contributed by atoms with Crippen LogP contribution in [0.25, 0.3) is 0 Å². The Morgan fingerprint density at radius 1 is 0.591 bits per heavy atom. The van der Waals surface area contributed by atoms with Gasteiger partial charge in [-0.25, -0.2) is 0 Å². The van der Waals surface area contributed by atoms with Crippen molar-refractivity contribution in [3.63, 3.8) is 0 Å². The van der Waals surface area contributed by atoms with Crippen LogP contribution in [0.1, 0.15) is 0 Å². The molecule has 0 aliphatic heterocycles. The van der Waals surface area contributed by atoms with Gasteiger partial charge in [-0.15, -0.1) is 0 Å². The second kappa shape index (κ2) is 9.88. The molecule has 0 atom stereocenters. The van der Waals surface area contributed by atoms with Crippen LogP contribution in [-0.2, 0) is 44.8 Å². The number of benzene rings is 3. The maximum absolute atomic E-state index is 6.43. The average molecular weight is 691 g/mol. The van der Waals surface area contributed by atoms with E-state index in [1.54, 1.807) is 0 Å². The topological polar surface area (TPSA) is 0 Å². The van der Waals surface area contributed by atoms with Crippen LogP contribution in [0.5, 0.6) is 0 Å². The van der Waals surface area contributed by atoms with Gasteiger partial charge in [0.1, 0.15) is 0 Å². The van der Waals surface area contributed by atoms with Crippen LogP contribution < -0.4 is 15.9 Å². The third-order valence-corrected chi connectivity index (χ3v) is 6.08. The molecule has 0 spiro atoms. The van der Waals surface area contributed by atoms with Gasteiger partial charge in [-0.2, -0.15) is 0 Å². The maximum atomic E-state index is 6.43. The van der Waals surface area contributed by atoms with Crippen LogP contribution in [0.2, 0.25) is 5.02 Å². The molecule has 0 nitrogen and oxygen atoms in total. The molecule has 0 radical (unpaired) electrons. The molecule has 3 aromatic carbocycles. The molecule has 0 fully saturated rings. The Bertz CT molecular complexity index is 650. The van der Waals surface area contributed by atoms with Crippen molar-refractivity contribution in [2.24, 2.45) is 0 Å². The smallest absolute Gasteiger partial charge is 0.0836 e. The van der Waals surface area contributed by atoms with Gasteiger partial charge >= 0.3 is 44.8 Å². The van der Waals surface area contributed by atoms with Crippen molar-refractivity contribution in [1.29, 1.82) is 0 Å². The first kappa shape index (κ1) is 19.9. The van der Waals surface area contributed by atoms with Crippen molar-refractivity contribution >= 4 is 35.4 Å². The van der Waals surface area contributed by atoms with Gasteiger partial charge in [0, 0.05) is 10.3 Å². The predicted molar refractivity (Wildman–Crippen MR) is 90.2 cm³/mol. The van der Waals surface area contributed by atoms with E-state index in [2.05, 4.69) is 72.8 Å². The first-order chi connectivity index (χ1) is 9.86.